The van der Waals surface area contributed by atoms with E-state index in [9.17, 15) is 24.6 Å². The second-order valence-corrected chi connectivity index (χ2v) is 6.95. The number of hydrogen-bond donors (Lipinski definition) is 5. The van der Waals surface area contributed by atoms with Crippen LogP contribution >= 0.6 is 0 Å². The molecular formula is C22H27N3O5. The van der Waals surface area contributed by atoms with Crippen LogP contribution in [0.3, 0.4) is 0 Å². The van der Waals surface area contributed by atoms with Gasteiger partial charge < -0.3 is 26.6 Å². The Morgan fingerprint density at radius 2 is 1.57 bits per heavy atom. The van der Waals surface area contributed by atoms with Gasteiger partial charge in [-0.05, 0) is 55.6 Å². The van der Waals surface area contributed by atoms with Crippen LogP contribution in [0.4, 0.5) is 0 Å². The number of aromatic hydroxyl groups is 1. The largest absolute Gasteiger partial charge is 0.508 e. The van der Waals surface area contributed by atoms with E-state index in [1.54, 1.807) is 42.5 Å². The number of carboxylic acid groups (broad SMARTS) is 1. The zero-order valence-electron chi connectivity index (χ0n) is 16.6. The fraction of sp³-hybridized carbons (Fsp3) is 0.318. The third kappa shape index (κ3) is 7.21. The minimum Gasteiger partial charge on any atom is -0.508 e. The number of hydrogen-bond acceptors (Lipinski definition) is 5. The van der Waals surface area contributed by atoms with Gasteiger partial charge in [0, 0.05) is 12.0 Å². The highest BCUT2D eigenvalue weighted by molar-refractivity contribution is 5.98. The number of nitrogens with two attached hydrogens (primary N) is 1. The van der Waals surface area contributed by atoms with Crippen molar-refractivity contribution in [3.63, 3.8) is 0 Å². The first-order valence-electron chi connectivity index (χ1n) is 9.77. The van der Waals surface area contributed by atoms with Crippen LogP contribution in [0, 0.1) is 0 Å². The first-order valence-corrected chi connectivity index (χ1v) is 9.77. The van der Waals surface area contributed by atoms with Crippen LogP contribution in [0.1, 0.15) is 35.2 Å². The number of carboxylic acids is 1. The van der Waals surface area contributed by atoms with Gasteiger partial charge in [0.1, 0.15) is 17.8 Å². The molecule has 0 radical (unpaired) electrons. The molecule has 0 heterocycles. The summed E-state index contributed by atoms with van der Waals surface area (Å²) in [5, 5.41) is 24.1. The molecule has 2 amide bonds. The second kappa shape index (κ2) is 11.6. The predicted molar refractivity (Wildman–Crippen MR) is 112 cm³/mol. The van der Waals surface area contributed by atoms with Crippen LogP contribution in [0.2, 0.25) is 0 Å². The van der Waals surface area contributed by atoms with Gasteiger partial charge in [0.2, 0.25) is 5.91 Å². The van der Waals surface area contributed by atoms with Crippen LogP contribution in [-0.4, -0.2) is 46.6 Å². The third-order valence-electron chi connectivity index (χ3n) is 4.60. The standard InChI is InChI=1S/C22H27N3O5/c23-13-5-4-8-18(22(29)30)24-21(28)19(14-15-9-11-17(26)12-10-15)25-20(27)16-6-2-1-3-7-16/h1-3,6-7,9-12,18-19,26H,4-5,8,13-14,23H2,(H,24,28)(H,25,27)(H,29,30). The summed E-state index contributed by atoms with van der Waals surface area (Å²) in [6.07, 6.45) is 1.60. The highest BCUT2D eigenvalue weighted by Crippen LogP contribution is 2.12. The first-order chi connectivity index (χ1) is 14.4. The van der Waals surface area contributed by atoms with Gasteiger partial charge in [-0.2, -0.15) is 0 Å². The van der Waals surface area contributed by atoms with Crippen molar-refractivity contribution < 1.29 is 24.6 Å². The van der Waals surface area contributed by atoms with E-state index < -0.39 is 29.9 Å². The normalized spacial score (nSPS) is 12.6. The van der Waals surface area contributed by atoms with Crippen molar-refractivity contribution in [1.82, 2.24) is 10.6 Å². The summed E-state index contributed by atoms with van der Waals surface area (Å²) in [4.78, 5) is 37.0. The Kier molecular flexibility index (Phi) is 8.83. The number of aliphatic carboxylic acids is 1. The van der Waals surface area contributed by atoms with Gasteiger partial charge in [0.25, 0.3) is 5.91 Å². The molecule has 30 heavy (non-hydrogen) atoms. The molecule has 0 aliphatic heterocycles. The second-order valence-electron chi connectivity index (χ2n) is 6.95. The molecule has 6 N–H and O–H groups in total. The Balaban J connectivity index is 2.15. The molecular weight excluding hydrogens is 386 g/mol. The Morgan fingerprint density at radius 3 is 2.17 bits per heavy atom. The van der Waals surface area contributed by atoms with Gasteiger partial charge >= 0.3 is 5.97 Å². The number of unbranched alkanes of at least 4 members (excludes halogenated alkanes) is 1. The van der Waals surface area contributed by atoms with E-state index in [1.807, 2.05) is 0 Å². The van der Waals surface area contributed by atoms with Crippen LogP contribution in [0.15, 0.2) is 54.6 Å². The lowest BCUT2D eigenvalue weighted by atomic mass is 10.0. The maximum atomic E-state index is 12.9. The molecule has 0 bridgehead atoms. The van der Waals surface area contributed by atoms with E-state index in [0.29, 0.717) is 30.5 Å². The Labute approximate surface area is 175 Å². The number of carbonyl (C=O) groups is 3. The summed E-state index contributed by atoms with van der Waals surface area (Å²) in [5.74, 6) is -2.09. The number of nitrogens with one attached hydrogen (secondary N) is 2. The zero-order valence-corrected chi connectivity index (χ0v) is 16.6. The monoisotopic (exact) mass is 413 g/mol. The van der Waals surface area contributed by atoms with E-state index in [1.165, 1.54) is 12.1 Å². The van der Waals surface area contributed by atoms with Gasteiger partial charge in [-0.1, -0.05) is 30.3 Å². The van der Waals surface area contributed by atoms with Gasteiger partial charge in [-0.15, -0.1) is 0 Å². The lowest BCUT2D eigenvalue weighted by Gasteiger charge is -2.22. The molecule has 2 rings (SSSR count). The van der Waals surface area contributed by atoms with Gasteiger partial charge in [0.05, 0.1) is 0 Å². The van der Waals surface area contributed by atoms with Gasteiger partial charge in [-0.3, -0.25) is 9.59 Å². The smallest absolute Gasteiger partial charge is 0.326 e. The fourth-order valence-corrected chi connectivity index (χ4v) is 2.93. The molecule has 0 saturated heterocycles. The van der Waals surface area contributed by atoms with E-state index in [0.717, 1.165) is 0 Å². The van der Waals surface area contributed by atoms with Crippen molar-refractivity contribution in [3.8, 4) is 5.75 Å². The van der Waals surface area contributed by atoms with Crippen LogP contribution in [-0.2, 0) is 16.0 Å². The summed E-state index contributed by atoms with van der Waals surface area (Å²) in [5.41, 5.74) is 6.54. The number of phenols is 1. The molecule has 160 valence electrons. The molecule has 0 fully saturated rings. The maximum absolute atomic E-state index is 12.9. The average molecular weight is 413 g/mol. The number of carbonyl (C=O) groups excluding carboxylic acids is 2. The van der Waals surface area contributed by atoms with Crippen molar-refractivity contribution in [1.29, 1.82) is 0 Å². The number of phenolic OH excluding ortho intramolecular Hbond substituents is 1. The molecule has 0 spiro atoms. The topological polar surface area (TPSA) is 142 Å². The van der Waals surface area contributed by atoms with Gasteiger partial charge in [0.15, 0.2) is 0 Å². The highest BCUT2D eigenvalue weighted by Gasteiger charge is 2.27. The molecule has 2 atom stereocenters. The predicted octanol–water partition coefficient (Wildman–Crippen LogP) is 1.43. The molecule has 2 aromatic rings. The number of rotatable bonds is 11. The number of amides is 2. The van der Waals surface area contributed by atoms with Crippen molar-refractivity contribution in [2.75, 3.05) is 6.54 Å². The summed E-state index contributed by atoms with van der Waals surface area (Å²) in [6.45, 7) is 0.441. The molecule has 0 saturated carbocycles. The Morgan fingerprint density at radius 1 is 0.900 bits per heavy atom. The van der Waals surface area contributed by atoms with Crippen LogP contribution in [0.25, 0.3) is 0 Å². The molecule has 0 aliphatic rings. The SMILES string of the molecule is NCCCCC(NC(=O)C(Cc1ccc(O)cc1)NC(=O)c1ccccc1)C(=O)O. The molecule has 2 unspecified atom stereocenters. The molecule has 0 aliphatic carbocycles. The lowest BCUT2D eigenvalue weighted by Crippen LogP contribution is -2.52. The minimum absolute atomic E-state index is 0.0823. The third-order valence-corrected chi connectivity index (χ3v) is 4.60. The van der Waals surface area contributed by atoms with E-state index in [4.69, 9.17) is 5.73 Å². The van der Waals surface area contributed by atoms with E-state index >= 15 is 0 Å². The number of benzene rings is 2. The first kappa shape index (κ1) is 22.9. The van der Waals surface area contributed by atoms with Crippen LogP contribution < -0.4 is 16.4 Å². The van der Waals surface area contributed by atoms with Crippen LogP contribution in [0.5, 0.6) is 5.75 Å². The summed E-state index contributed by atoms with van der Waals surface area (Å²) in [6, 6.07) is 12.6. The van der Waals surface area contributed by atoms with Crippen molar-refractivity contribution in [3.05, 3.63) is 65.7 Å². The Hall–Kier alpha value is -3.39. The van der Waals surface area contributed by atoms with E-state index in [2.05, 4.69) is 10.6 Å². The van der Waals surface area contributed by atoms with E-state index in [-0.39, 0.29) is 18.6 Å². The Bertz CT molecular complexity index is 840. The molecule has 8 nitrogen and oxygen atoms in total. The average Bonchev–Trinajstić information content (AvgIpc) is 2.74. The minimum atomic E-state index is -1.14. The summed E-state index contributed by atoms with van der Waals surface area (Å²) >= 11 is 0. The quantitative estimate of drug-likeness (QED) is 0.353. The molecule has 8 heteroatoms. The maximum Gasteiger partial charge on any atom is 0.326 e. The van der Waals surface area contributed by atoms with Crippen molar-refractivity contribution in [2.45, 2.75) is 37.8 Å². The highest BCUT2D eigenvalue weighted by atomic mass is 16.4. The van der Waals surface area contributed by atoms with Crippen molar-refractivity contribution >= 4 is 17.8 Å². The van der Waals surface area contributed by atoms with Crippen molar-refractivity contribution in [2.24, 2.45) is 5.73 Å². The fourth-order valence-electron chi connectivity index (χ4n) is 2.93. The van der Waals surface area contributed by atoms with Gasteiger partial charge in [-0.25, -0.2) is 4.79 Å². The summed E-state index contributed by atoms with van der Waals surface area (Å²) < 4.78 is 0. The summed E-state index contributed by atoms with van der Waals surface area (Å²) in [7, 11) is 0. The lowest BCUT2D eigenvalue weighted by molar-refractivity contribution is -0.142. The molecule has 2 aromatic carbocycles. The molecule has 0 aromatic heterocycles. The zero-order chi connectivity index (χ0) is 21.9.